The monoisotopic (exact) mass is 305 g/mol. The molecule has 4 rings (SSSR count). The zero-order valence-electron chi connectivity index (χ0n) is 11.6. The van der Waals surface area contributed by atoms with Crippen molar-refractivity contribution in [1.29, 1.82) is 0 Å². The van der Waals surface area contributed by atoms with Gasteiger partial charge in [-0.25, -0.2) is 0 Å². The van der Waals surface area contributed by atoms with E-state index in [1.807, 2.05) is 42.5 Å². The van der Waals surface area contributed by atoms with Crippen LogP contribution in [0.25, 0.3) is 22.8 Å². The number of nitrogens with one attached hydrogen (secondary N) is 1. The Balaban J connectivity index is 1.87. The van der Waals surface area contributed by atoms with Crippen LogP contribution in [0.4, 0.5) is 5.69 Å². The molecule has 0 radical (unpaired) electrons. The predicted octanol–water partition coefficient (Wildman–Crippen LogP) is 4.94. The van der Waals surface area contributed by atoms with Crippen molar-refractivity contribution in [1.82, 2.24) is 0 Å². The summed E-state index contributed by atoms with van der Waals surface area (Å²) in [6, 6.07) is 19.7. The van der Waals surface area contributed by atoms with E-state index in [4.69, 9.17) is 11.6 Å². The van der Waals surface area contributed by atoms with E-state index >= 15 is 0 Å². The van der Waals surface area contributed by atoms with Crippen LogP contribution in [0.5, 0.6) is 0 Å². The summed E-state index contributed by atoms with van der Waals surface area (Å²) in [4.78, 5) is 12.2. The zero-order chi connectivity index (χ0) is 15.1. The lowest BCUT2D eigenvalue weighted by Gasteiger charge is -2.00. The summed E-state index contributed by atoms with van der Waals surface area (Å²) in [6.45, 7) is 0. The van der Waals surface area contributed by atoms with Crippen molar-refractivity contribution in [3.8, 4) is 11.1 Å². The largest absolute Gasteiger partial charge is 0.321 e. The third-order valence-corrected chi connectivity index (χ3v) is 4.12. The molecule has 0 spiro atoms. The van der Waals surface area contributed by atoms with E-state index in [1.165, 1.54) is 0 Å². The second-order valence-corrected chi connectivity index (χ2v) is 5.71. The number of amides is 1. The predicted molar refractivity (Wildman–Crippen MR) is 91.0 cm³/mol. The highest BCUT2D eigenvalue weighted by Gasteiger charge is 2.24. The molecule has 1 N–H and O–H groups in total. The van der Waals surface area contributed by atoms with E-state index in [2.05, 4.69) is 23.5 Å². The van der Waals surface area contributed by atoms with Gasteiger partial charge >= 0.3 is 0 Å². The highest BCUT2D eigenvalue weighted by Crippen LogP contribution is 2.37. The van der Waals surface area contributed by atoms with E-state index in [9.17, 15) is 4.79 Å². The van der Waals surface area contributed by atoms with Gasteiger partial charge in [0, 0.05) is 21.8 Å². The number of anilines is 1. The van der Waals surface area contributed by atoms with Gasteiger partial charge in [-0.1, -0.05) is 54.1 Å². The maximum atomic E-state index is 12.2. The number of fused-ring (bicyclic) bond motifs is 2. The molecule has 0 saturated carbocycles. The van der Waals surface area contributed by atoms with Crippen LogP contribution in [-0.4, -0.2) is 5.91 Å². The van der Waals surface area contributed by atoms with Crippen molar-refractivity contribution < 1.29 is 4.79 Å². The van der Waals surface area contributed by atoms with E-state index < -0.39 is 0 Å². The van der Waals surface area contributed by atoms with Crippen LogP contribution >= 0.6 is 11.6 Å². The molecule has 3 heteroatoms. The molecule has 0 atom stereocenters. The fraction of sp³-hybridized carbons (Fsp3) is 0. The fourth-order valence-electron chi connectivity index (χ4n) is 2.82. The lowest BCUT2D eigenvalue weighted by Crippen LogP contribution is -2.03. The molecule has 0 fully saturated rings. The Morgan fingerprint density at radius 2 is 1.77 bits per heavy atom. The van der Waals surface area contributed by atoms with Gasteiger partial charge in [-0.3, -0.25) is 4.79 Å². The number of rotatable bonds is 1. The van der Waals surface area contributed by atoms with E-state index in [0.717, 1.165) is 27.9 Å². The fourth-order valence-corrected chi connectivity index (χ4v) is 3.00. The first-order valence-electron chi connectivity index (χ1n) is 7.03. The van der Waals surface area contributed by atoms with Gasteiger partial charge in [-0.2, -0.15) is 0 Å². The van der Waals surface area contributed by atoms with Gasteiger partial charge in [0.25, 0.3) is 5.91 Å². The molecule has 2 aliphatic carbocycles. The van der Waals surface area contributed by atoms with Crippen molar-refractivity contribution in [3.05, 3.63) is 76.8 Å². The molecule has 1 aromatic carbocycles. The molecule has 2 nitrogen and oxygen atoms in total. The molecule has 3 aliphatic rings. The number of carbonyl (C=O) groups is 1. The van der Waals surface area contributed by atoms with Gasteiger partial charge in [0.05, 0.1) is 0 Å². The van der Waals surface area contributed by atoms with Crippen molar-refractivity contribution in [2.75, 3.05) is 5.32 Å². The van der Waals surface area contributed by atoms with Crippen molar-refractivity contribution in [2.24, 2.45) is 0 Å². The van der Waals surface area contributed by atoms with E-state index in [1.54, 1.807) is 6.07 Å². The third-order valence-electron chi connectivity index (χ3n) is 3.89. The average molecular weight is 306 g/mol. The number of hydrogen-bond donors (Lipinski definition) is 1. The molecular weight excluding hydrogens is 294 g/mol. The Morgan fingerprint density at radius 1 is 0.909 bits per heavy atom. The second-order valence-electron chi connectivity index (χ2n) is 5.27. The molecule has 1 aliphatic heterocycles. The van der Waals surface area contributed by atoms with E-state index in [0.29, 0.717) is 10.6 Å². The van der Waals surface area contributed by atoms with Gasteiger partial charge in [0.1, 0.15) is 0 Å². The van der Waals surface area contributed by atoms with Crippen LogP contribution < -0.4 is 5.32 Å². The van der Waals surface area contributed by atoms with Crippen molar-refractivity contribution in [3.63, 3.8) is 0 Å². The number of benzene rings is 1. The minimum Gasteiger partial charge on any atom is -0.321 e. The lowest BCUT2D eigenvalue weighted by atomic mass is 10.0. The maximum absolute atomic E-state index is 12.2. The summed E-state index contributed by atoms with van der Waals surface area (Å²) in [5.41, 5.74) is 5.62. The molecule has 0 aromatic heterocycles. The normalized spacial score (nSPS) is 15.1. The molecule has 0 unspecified atom stereocenters. The van der Waals surface area contributed by atoms with Crippen LogP contribution in [0.2, 0.25) is 5.02 Å². The first-order valence-corrected chi connectivity index (χ1v) is 7.41. The van der Waals surface area contributed by atoms with Gasteiger partial charge in [0.2, 0.25) is 0 Å². The third kappa shape index (κ3) is 2.09. The molecule has 1 amide bonds. The molecule has 22 heavy (non-hydrogen) atoms. The Labute approximate surface area is 133 Å². The zero-order valence-corrected chi connectivity index (χ0v) is 12.4. The van der Waals surface area contributed by atoms with Gasteiger partial charge in [0.15, 0.2) is 0 Å². The smallest absolute Gasteiger partial charge is 0.256 e. The maximum Gasteiger partial charge on any atom is 0.256 e. The Bertz CT molecular complexity index is 898. The number of carbonyl (C=O) groups excluding carboxylic acids is 1. The van der Waals surface area contributed by atoms with Crippen molar-refractivity contribution in [2.45, 2.75) is 0 Å². The van der Waals surface area contributed by atoms with Gasteiger partial charge in [-0.15, -0.1) is 0 Å². The Hall–Kier alpha value is -2.58. The summed E-state index contributed by atoms with van der Waals surface area (Å²) in [7, 11) is 0. The molecule has 1 aromatic rings. The second kappa shape index (κ2) is 5.00. The summed E-state index contributed by atoms with van der Waals surface area (Å²) in [5, 5.41) is 3.50. The standard InChI is InChI=1S/C19H12ClNO/c20-14-8-9-18-16(11-14)17(19(22)21-18)10-13-7-6-12-4-2-1-3-5-15(12)13/h1-11H,(H,21,22). The van der Waals surface area contributed by atoms with E-state index in [-0.39, 0.29) is 5.91 Å². The molecule has 0 bridgehead atoms. The van der Waals surface area contributed by atoms with Crippen LogP contribution in [0.1, 0.15) is 11.1 Å². The molecule has 0 saturated heterocycles. The first-order chi connectivity index (χ1) is 10.7. The highest BCUT2D eigenvalue weighted by atomic mass is 35.5. The summed E-state index contributed by atoms with van der Waals surface area (Å²) in [6.07, 6.45) is 1.93. The molecular formula is C19H12ClNO. The number of halogens is 1. The summed E-state index contributed by atoms with van der Waals surface area (Å²) >= 11 is 6.06. The minimum absolute atomic E-state index is 0.0908. The summed E-state index contributed by atoms with van der Waals surface area (Å²) in [5.74, 6) is -0.0908. The van der Waals surface area contributed by atoms with Gasteiger partial charge in [-0.05, 0) is 41.0 Å². The Kier molecular flexibility index (Phi) is 2.98. The van der Waals surface area contributed by atoms with Crippen LogP contribution in [0, 0.1) is 0 Å². The molecule has 106 valence electrons. The van der Waals surface area contributed by atoms with Crippen molar-refractivity contribution >= 4 is 34.8 Å². The highest BCUT2D eigenvalue weighted by molar-refractivity contribution is 6.37. The number of hydrogen-bond acceptors (Lipinski definition) is 1. The summed E-state index contributed by atoms with van der Waals surface area (Å²) < 4.78 is 0. The average Bonchev–Trinajstić information content (AvgIpc) is 2.91. The SMILES string of the molecule is O=C1Nc2ccc(Cl)cc2C1=Cc1ccc2cccccc1-2. The Morgan fingerprint density at radius 3 is 2.68 bits per heavy atom. The van der Waals surface area contributed by atoms with Crippen LogP contribution in [0.3, 0.4) is 0 Å². The minimum atomic E-state index is -0.0908. The first kappa shape index (κ1) is 13.1. The lowest BCUT2D eigenvalue weighted by molar-refractivity contribution is -0.110. The quantitative estimate of drug-likeness (QED) is 0.634. The van der Waals surface area contributed by atoms with Crippen LogP contribution in [-0.2, 0) is 4.79 Å². The topological polar surface area (TPSA) is 29.1 Å². The molecule has 1 heterocycles. The van der Waals surface area contributed by atoms with Crippen LogP contribution in [0.15, 0.2) is 60.7 Å². The van der Waals surface area contributed by atoms with Gasteiger partial charge < -0.3 is 5.32 Å².